The number of hydrogen-bond donors (Lipinski definition) is 0. The molecule has 0 aliphatic heterocycles. The molecular formula is C50H98N2. The lowest BCUT2D eigenvalue weighted by Crippen LogP contribution is -2.13. The Labute approximate surface area is 329 Å². The lowest BCUT2D eigenvalue weighted by Gasteiger charge is -2.22. The zero-order valence-corrected chi connectivity index (χ0v) is 36.7. The van der Waals surface area contributed by atoms with E-state index in [2.05, 4.69) is 44.7 Å². The first-order valence-electron chi connectivity index (χ1n) is 24.8. The molecule has 0 aromatic carbocycles. The lowest BCUT2D eigenvalue weighted by molar-refractivity contribution is 0.412. The standard InChI is InChI=1S/C50H98N2/c1-5-8-11-14-17-20-22-24-26-28-30-32-35-38-41-44-49(45-42-39-36-33-31-29-27-25-23-21-18-15-12-9-6-2)50-51-46-47-52(50)48(4)43-40-37-34-19-16-13-10-7-3/h46-49H,5-45H2,1-4H3. The van der Waals surface area contributed by atoms with Crippen LogP contribution in [0.2, 0.25) is 0 Å². The van der Waals surface area contributed by atoms with Crippen LogP contribution in [0, 0.1) is 0 Å². The summed E-state index contributed by atoms with van der Waals surface area (Å²) in [5.41, 5.74) is 0. The van der Waals surface area contributed by atoms with Crippen molar-refractivity contribution in [1.29, 1.82) is 0 Å². The van der Waals surface area contributed by atoms with Gasteiger partial charge in [-0.2, -0.15) is 0 Å². The van der Waals surface area contributed by atoms with E-state index in [1.54, 1.807) is 0 Å². The molecule has 52 heavy (non-hydrogen) atoms. The third-order valence-electron chi connectivity index (χ3n) is 12.3. The normalized spacial score (nSPS) is 12.4. The van der Waals surface area contributed by atoms with E-state index in [1.165, 1.54) is 269 Å². The van der Waals surface area contributed by atoms with Gasteiger partial charge in [0.1, 0.15) is 5.82 Å². The van der Waals surface area contributed by atoms with Crippen molar-refractivity contribution in [2.24, 2.45) is 0 Å². The summed E-state index contributed by atoms with van der Waals surface area (Å²) >= 11 is 0. The van der Waals surface area contributed by atoms with E-state index in [0.29, 0.717) is 12.0 Å². The van der Waals surface area contributed by atoms with Crippen LogP contribution in [0.4, 0.5) is 0 Å². The summed E-state index contributed by atoms with van der Waals surface area (Å²) in [6.07, 6.45) is 63.1. The molecule has 2 heteroatoms. The maximum atomic E-state index is 5.06. The largest absolute Gasteiger partial charge is 0.332 e. The predicted molar refractivity (Wildman–Crippen MR) is 236 cm³/mol. The van der Waals surface area contributed by atoms with E-state index in [-0.39, 0.29) is 0 Å². The van der Waals surface area contributed by atoms with Crippen molar-refractivity contribution < 1.29 is 0 Å². The fourth-order valence-electron chi connectivity index (χ4n) is 8.65. The van der Waals surface area contributed by atoms with Crippen molar-refractivity contribution in [2.45, 2.75) is 303 Å². The van der Waals surface area contributed by atoms with Crippen LogP contribution in [-0.2, 0) is 0 Å². The SMILES string of the molecule is CCCCCCCCCCCCCCCCCC(CCCCCCCCCCCCCCCCC)c1nccn1C(C)CCCCCCCCCC. The molecule has 2 nitrogen and oxygen atoms in total. The molecule has 1 unspecified atom stereocenters. The van der Waals surface area contributed by atoms with E-state index in [0.717, 1.165) is 0 Å². The summed E-state index contributed by atoms with van der Waals surface area (Å²) in [5, 5.41) is 0. The van der Waals surface area contributed by atoms with E-state index >= 15 is 0 Å². The van der Waals surface area contributed by atoms with Gasteiger partial charge >= 0.3 is 0 Å². The number of aromatic nitrogens is 2. The second kappa shape index (κ2) is 39.9. The fourth-order valence-corrected chi connectivity index (χ4v) is 8.65. The minimum atomic E-state index is 0.585. The van der Waals surface area contributed by atoms with Crippen LogP contribution >= 0.6 is 0 Å². The third-order valence-corrected chi connectivity index (χ3v) is 12.3. The Kier molecular flexibility index (Phi) is 37.8. The Morgan fingerprint density at radius 3 is 0.904 bits per heavy atom. The van der Waals surface area contributed by atoms with Gasteiger partial charge in [0.25, 0.3) is 0 Å². The van der Waals surface area contributed by atoms with Crippen molar-refractivity contribution >= 4 is 0 Å². The second-order valence-corrected chi connectivity index (χ2v) is 17.5. The summed E-state index contributed by atoms with van der Waals surface area (Å²) in [4.78, 5) is 5.06. The Morgan fingerprint density at radius 1 is 0.365 bits per heavy atom. The summed E-state index contributed by atoms with van der Waals surface area (Å²) in [5.74, 6) is 2.07. The average molecular weight is 727 g/mol. The van der Waals surface area contributed by atoms with Crippen molar-refractivity contribution in [2.75, 3.05) is 0 Å². The van der Waals surface area contributed by atoms with E-state index in [9.17, 15) is 0 Å². The molecule has 1 rings (SSSR count). The minimum absolute atomic E-state index is 0.585. The highest BCUT2D eigenvalue weighted by atomic mass is 15.1. The van der Waals surface area contributed by atoms with E-state index in [4.69, 9.17) is 4.98 Å². The first-order chi connectivity index (χ1) is 25.7. The zero-order chi connectivity index (χ0) is 37.4. The molecule has 1 aromatic rings. The molecule has 0 amide bonds. The van der Waals surface area contributed by atoms with Gasteiger partial charge in [0, 0.05) is 24.4 Å². The van der Waals surface area contributed by atoms with Gasteiger partial charge in [0.05, 0.1) is 0 Å². The molecule has 0 aliphatic carbocycles. The molecule has 0 aliphatic rings. The molecule has 0 saturated heterocycles. The quantitative estimate of drug-likeness (QED) is 0.0613. The molecular weight excluding hydrogens is 629 g/mol. The molecule has 0 spiro atoms. The van der Waals surface area contributed by atoms with Gasteiger partial charge in [-0.1, -0.05) is 265 Å². The van der Waals surface area contributed by atoms with Crippen molar-refractivity contribution in [3.8, 4) is 0 Å². The Balaban J connectivity index is 2.34. The molecule has 0 N–H and O–H groups in total. The summed E-state index contributed by atoms with van der Waals surface area (Å²) < 4.78 is 2.60. The summed E-state index contributed by atoms with van der Waals surface area (Å²) in [6.45, 7) is 9.41. The summed E-state index contributed by atoms with van der Waals surface area (Å²) in [7, 11) is 0. The first-order valence-corrected chi connectivity index (χ1v) is 24.8. The van der Waals surface area contributed by atoms with Gasteiger partial charge in [-0.05, 0) is 26.2 Å². The maximum Gasteiger partial charge on any atom is 0.111 e. The molecule has 0 saturated carbocycles. The molecule has 1 heterocycles. The van der Waals surface area contributed by atoms with Gasteiger partial charge in [-0.15, -0.1) is 0 Å². The van der Waals surface area contributed by atoms with Gasteiger partial charge in [-0.25, -0.2) is 4.98 Å². The van der Waals surface area contributed by atoms with Crippen LogP contribution in [0.5, 0.6) is 0 Å². The number of rotatable bonds is 43. The van der Waals surface area contributed by atoms with Crippen LogP contribution in [0.3, 0.4) is 0 Å². The summed E-state index contributed by atoms with van der Waals surface area (Å²) in [6, 6.07) is 0.585. The van der Waals surface area contributed by atoms with Crippen molar-refractivity contribution in [3.63, 3.8) is 0 Å². The van der Waals surface area contributed by atoms with Crippen molar-refractivity contribution in [1.82, 2.24) is 9.55 Å². The molecule has 1 aromatic heterocycles. The molecule has 0 bridgehead atoms. The second-order valence-electron chi connectivity index (χ2n) is 17.5. The van der Waals surface area contributed by atoms with Gasteiger partial charge in [-0.3, -0.25) is 0 Å². The monoisotopic (exact) mass is 727 g/mol. The fraction of sp³-hybridized carbons (Fsp3) is 0.940. The first kappa shape index (κ1) is 49.2. The number of nitrogens with zero attached hydrogens (tertiary/aromatic N) is 2. The van der Waals surface area contributed by atoms with Crippen LogP contribution in [0.25, 0.3) is 0 Å². The van der Waals surface area contributed by atoms with Gasteiger partial charge in [0.2, 0.25) is 0 Å². The van der Waals surface area contributed by atoms with Crippen LogP contribution in [-0.4, -0.2) is 9.55 Å². The maximum absolute atomic E-state index is 5.06. The Hall–Kier alpha value is -0.790. The highest BCUT2D eigenvalue weighted by Gasteiger charge is 2.19. The van der Waals surface area contributed by atoms with Crippen LogP contribution in [0.1, 0.15) is 309 Å². The molecule has 0 radical (unpaired) electrons. The third kappa shape index (κ3) is 30.5. The predicted octanol–water partition coefficient (Wildman–Crippen LogP) is 18.6. The number of hydrogen-bond acceptors (Lipinski definition) is 1. The zero-order valence-electron chi connectivity index (χ0n) is 36.7. The highest BCUT2D eigenvalue weighted by molar-refractivity contribution is 5.02. The molecule has 0 fully saturated rings. The van der Waals surface area contributed by atoms with Gasteiger partial charge in [0.15, 0.2) is 0 Å². The topological polar surface area (TPSA) is 17.8 Å². The molecule has 1 atom stereocenters. The molecule has 308 valence electrons. The smallest absolute Gasteiger partial charge is 0.111 e. The lowest BCUT2D eigenvalue weighted by atomic mass is 9.92. The number of imidazole rings is 1. The van der Waals surface area contributed by atoms with Crippen molar-refractivity contribution in [3.05, 3.63) is 18.2 Å². The van der Waals surface area contributed by atoms with Crippen LogP contribution in [0.15, 0.2) is 12.4 Å². The van der Waals surface area contributed by atoms with E-state index < -0.39 is 0 Å². The number of unbranched alkanes of at least 4 members (excludes halogenated alkanes) is 35. The van der Waals surface area contributed by atoms with E-state index in [1.807, 2.05) is 0 Å². The van der Waals surface area contributed by atoms with Crippen LogP contribution < -0.4 is 0 Å². The average Bonchev–Trinajstić information content (AvgIpc) is 3.65. The minimum Gasteiger partial charge on any atom is -0.332 e. The highest BCUT2D eigenvalue weighted by Crippen LogP contribution is 2.31. The Bertz CT molecular complexity index is 764. The van der Waals surface area contributed by atoms with Gasteiger partial charge < -0.3 is 4.57 Å². The Morgan fingerprint density at radius 2 is 0.615 bits per heavy atom.